The van der Waals surface area contributed by atoms with E-state index in [1.54, 1.807) is 38.4 Å². The molecule has 0 spiro atoms. The zero-order valence-electron chi connectivity index (χ0n) is 19.9. The van der Waals surface area contributed by atoms with E-state index in [-0.39, 0.29) is 19.0 Å². The van der Waals surface area contributed by atoms with Gasteiger partial charge < -0.3 is 4.90 Å². The number of nitrogens with zero attached hydrogens (tertiary/aromatic N) is 5. The number of rotatable bonds is 5. The Morgan fingerprint density at radius 3 is 2.32 bits per heavy atom. The lowest BCUT2D eigenvalue weighted by Gasteiger charge is -2.34. The van der Waals surface area contributed by atoms with Crippen molar-refractivity contribution in [2.45, 2.75) is 11.1 Å². The molecule has 0 bridgehead atoms. The first-order valence-corrected chi connectivity index (χ1v) is 15.0. The molecule has 1 saturated heterocycles. The Balaban J connectivity index is 1.38. The van der Waals surface area contributed by atoms with E-state index in [1.807, 2.05) is 60.8 Å². The number of pyridine rings is 1. The Bertz CT molecular complexity index is 1670. The van der Waals surface area contributed by atoms with Crippen molar-refractivity contribution in [1.29, 1.82) is 0 Å². The Hall–Kier alpha value is -3.38. The number of hydrogen-bond donors (Lipinski definition) is 0. The largest absolute Gasteiger partial charge is 0.336 e. The Kier molecular flexibility index (Phi) is 6.15. The van der Waals surface area contributed by atoms with Crippen LogP contribution in [0, 0.1) is 6.92 Å². The Labute approximate surface area is 222 Å². The molecule has 1 aliphatic rings. The SMILES string of the molecule is Cc1nn(-c2ccccc2)c2nc(-c3cccs3)cc(C(=O)N3CCN(S(=O)(=O)c4cccs4)CC3)c12. The van der Waals surface area contributed by atoms with Gasteiger partial charge in [0.2, 0.25) is 0 Å². The molecular weight excluding hydrogens is 527 g/mol. The molecule has 0 saturated carbocycles. The van der Waals surface area contributed by atoms with E-state index in [2.05, 4.69) is 0 Å². The van der Waals surface area contributed by atoms with Gasteiger partial charge in [-0.3, -0.25) is 4.79 Å². The van der Waals surface area contributed by atoms with Gasteiger partial charge in [-0.05, 0) is 48.0 Å². The summed E-state index contributed by atoms with van der Waals surface area (Å²) in [5.41, 5.74) is 3.44. The molecule has 5 heterocycles. The van der Waals surface area contributed by atoms with Gasteiger partial charge in [0.05, 0.1) is 32.9 Å². The molecule has 4 aromatic heterocycles. The minimum Gasteiger partial charge on any atom is -0.336 e. The first-order chi connectivity index (χ1) is 17.9. The van der Waals surface area contributed by atoms with E-state index in [4.69, 9.17) is 10.1 Å². The third kappa shape index (κ3) is 4.27. The number of benzene rings is 1. The van der Waals surface area contributed by atoms with Crippen LogP contribution in [0.2, 0.25) is 0 Å². The van der Waals surface area contributed by atoms with E-state index in [0.29, 0.717) is 45.3 Å². The molecule has 1 fully saturated rings. The van der Waals surface area contributed by atoms with Gasteiger partial charge in [-0.1, -0.05) is 30.3 Å². The van der Waals surface area contributed by atoms with Crippen molar-refractivity contribution < 1.29 is 13.2 Å². The minimum atomic E-state index is -3.55. The second-order valence-corrected chi connectivity index (χ2v) is 12.8. The monoisotopic (exact) mass is 549 g/mol. The van der Waals surface area contributed by atoms with Crippen LogP contribution >= 0.6 is 22.7 Å². The molecule has 6 rings (SSSR count). The highest BCUT2D eigenvalue weighted by Crippen LogP contribution is 2.32. The summed E-state index contributed by atoms with van der Waals surface area (Å²) in [5, 5.41) is 9.19. The summed E-state index contributed by atoms with van der Waals surface area (Å²) < 4.78 is 29.5. The standard InChI is InChI=1S/C26H23N5O3S3/c1-18-24-20(26(32)29-11-13-30(14-12-29)37(33,34)23-10-6-16-36-23)17-21(22-9-5-15-35-22)27-25(24)31(28-18)19-7-3-2-4-8-19/h2-10,15-17H,11-14H2,1H3. The summed E-state index contributed by atoms with van der Waals surface area (Å²) in [6, 6.07) is 18.9. The number of amides is 1. The molecule has 1 aromatic carbocycles. The second-order valence-electron chi connectivity index (χ2n) is 8.69. The van der Waals surface area contributed by atoms with Crippen molar-refractivity contribution in [3.8, 4) is 16.3 Å². The molecule has 11 heteroatoms. The van der Waals surface area contributed by atoms with E-state index in [1.165, 1.54) is 15.6 Å². The van der Waals surface area contributed by atoms with Crippen LogP contribution in [0.25, 0.3) is 27.3 Å². The molecule has 0 aliphatic carbocycles. The first kappa shape index (κ1) is 24.0. The van der Waals surface area contributed by atoms with Gasteiger partial charge in [-0.15, -0.1) is 22.7 Å². The number of hydrogen-bond acceptors (Lipinski definition) is 7. The second kappa shape index (κ2) is 9.49. The van der Waals surface area contributed by atoms with Crippen molar-refractivity contribution in [3.05, 3.63) is 82.7 Å². The van der Waals surface area contributed by atoms with Crippen LogP contribution in [0.1, 0.15) is 16.1 Å². The van der Waals surface area contributed by atoms with Gasteiger partial charge in [-0.2, -0.15) is 9.40 Å². The summed E-state index contributed by atoms with van der Waals surface area (Å²) in [5.74, 6) is -0.144. The number of sulfonamides is 1. The first-order valence-electron chi connectivity index (χ1n) is 11.8. The fourth-order valence-electron chi connectivity index (χ4n) is 4.60. The van der Waals surface area contributed by atoms with Crippen LogP contribution in [0.4, 0.5) is 0 Å². The van der Waals surface area contributed by atoms with Gasteiger partial charge in [0.25, 0.3) is 15.9 Å². The highest BCUT2D eigenvalue weighted by Gasteiger charge is 2.32. The number of carbonyl (C=O) groups excluding carboxylic acids is 1. The summed E-state index contributed by atoms with van der Waals surface area (Å²) in [6.07, 6.45) is 0. The van der Waals surface area contributed by atoms with Crippen LogP contribution in [-0.2, 0) is 10.0 Å². The summed E-state index contributed by atoms with van der Waals surface area (Å²) in [7, 11) is -3.55. The minimum absolute atomic E-state index is 0.144. The Morgan fingerprint density at radius 1 is 0.919 bits per heavy atom. The highest BCUT2D eigenvalue weighted by atomic mass is 32.2. The number of para-hydroxylation sites is 1. The van der Waals surface area contributed by atoms with Crippen molar-refractivity contribution >= 4 is 49.6 Å². The number of aryl methyl sites for hydroxylation is 1. The zero-order valence-corrected chi connectivity index (χ0v) is 22.4. The number of fused-ring (bicyclic) bond motifs is 1. The molecule has 0 radical (unpaired) electrons. The van der Waals surface area contributed by atoms with Crippen molar-refractivity contribution in [2.75, 3.05) is 26.2 Å². The van der Waals surface area contributed by atoms with Crippen LogP contribution in [0.3, 0.4) is 0 Å². The van der Waals surface area contributed by atoms with E-state index >= 15 is 0 Å². The molecule has 1 amide bonds. The summed E-state index contributed by atoms with van der Waals surface area (Å²) in [4.78, 5) is 21.5. The molecule has 188 valence electrons. The summed E-state index contributed by atoms with van der Waals surface area (Å²) in [6.45, 7) is 3.01. The third-order valence-electron chi connectivity index (χ3n) is 6.43. The van der Waals surface area contributed by atoms with Crippen LogP contribution in [0.5, 0.6) is 0 Å². The van der Waals surface area contributed by atoms with Gasteiger partial charge in [0.1, 0.15) is 4.21 Å². The smallest absolute Gasteiger partial charge is 0.254 e. The lowest BCUT2D eigenvalue weighted by Crippen LogP contribution is -2.50. The average Bonchev–Trinajstić information content (AvgIpc) is 3.71. The van der Waals surface area contributed by atoms with E-state index in [0.717, 1.165) is 10.6 Å². The fourth-order valence-corrected chi connectivity index (χ4v) is 7.85. The maximum atomic E-state index is 13.9. The van der Waals surface area contributed by atoms with Crippen molar-refractivity contribution in [1.82, 2.24) is 24.0 Å². The number of aromatic nitrogens is 3. The quantitative estimate of drug-likeness (QED) is 0.318. The molecule has 8 nitrogen and oxygen atoms in total. The molecule has 0 atom stereocenters. The topological polar surface area (TPSA) is 88.4 Å². The van der Waals surface area contributed by atoms with E-state index < -0.39 is 10.0 Å². The van der Waals surface area contributed by atoms with Crippen molar-refractivity contribution in [2.24, 2.45) is 0 Å². The molecule has 1 aliphatic heterocycles. The zero-order chi connectivity index (χ0) is 25.6. The fraction of sp³-hybridized carbons (Fsp3) is 0.192. The third-order valence-corrected chi connectivity index (χ3v) is 10.6. The Morgan fingerprint density at radius 2 is 1.65 bits per heavy atom. The highest BCUT2D eigenvalue weighted by molar-refractivity contribution is 7.91. The normalized spacial score (nSPS) is 14.9. The molecule has 0 unspecified atom stereocenters. The molecular formula is C26H23N5O3S3. The number of carbonyl (C=O) groups is 1. The van der Waals surface area contributed by atoms with Crippen LogP contribution in [0.15, 0.2) is 75.6 Å². The lowest BCUT2D eigenvalue weighted by molar-refractivity contribution is 0.0700. The van der Waals surface area contributed by atoms with Gasteiger partial charge in [0, 0.05) is 26.2 Å². The average molecular weight is 550 g/mol. The maximum absolute atomic E-state index is 13.9. The van der Waals surface area contributed by atoms with Crippen LogP contribution in [-0.4, -0.2) is 64.5 Å². The van der Waals surface area contributed by atoms with Crippen LogP contribution < -0.4 is 0 Å². The van der Waals surface area contributed by atoms with E-state index in [9.17, 15) is 13.2 Å². The lowest BCUT2D eigenvalue weighted by atomic mass is 10.1. The molecule has 0 N–H and O–H groups in total. The van der Waals surface area contributed by atoms with Gasteiger partial charge in [0.15, 0.2) is 5.65 Å². The summed E-state index contributed by atoms with van der Waals surface area (Å²) >= 11 is 2.77. The molecule has 5 aromatic rings. The van der Waals surface area contributed by atoms with Gasteiger partial charge in [-0.25, -0.2) is 18.1 Å². The predicted octanol–water partition coefficient (Wildman–Crippen LogP) is 4.67. The predicted molar refractivity (Wildman–Crippen MR) is 146 cm³/mol. The van der Waals surface area contributed by atoms with Crippen molar-refractivity contribution in [3.63, 3.8) is 0 Å². The molecule has 37 heavy (non-hydrogen) atoms. The maximum Gasteiger partial charge on any atom is 0.254 e. The van der Waals surface area contributed by atoms with Gasteiger partial charge >= 0.3 is 0 Å². The number of thiophene rings is 2. The number of piperazine rings is 1.